The van der Waals surface area contributed by atoms with E-state index in [1.54, 1.807) is 6.26 Å². The lowest BCUT2D eigenvalue weighted by Crippen LogP contribution is -2.47. The van der Waals surface area contributed by atoms with Crippen molar-refractivity contribution in [2.45, 2.75) is 25.4 Å². The topological polar surface area (TPSA) is 58.2 Å². The summed E-state index contributed by atoms with van der Waals surface area (Å²) in [7, 11) is -0.782. The molecule has 0 bridgehead atoms. The van der Waals surface area contributed by atoms with Crippen LogP contribution in [0, 0.1) is 0 Å². The quantitative estimate of drug-likeness (QED) is 0.776. The average molecular weight is 280 g/mol. The standard InChI is InChI=1S/C14H20N2O2S/c1-19(18)8-4-7-15-14(17)13-9-11-5-2-3-6-12(11)10-16-13/h2-3,5-6,13,16H,4,7-10H2,1H3,(H,15,17). The molecule has 1 aromatic rings. The van der Waals surface area contributed by atoms with E-state index in [1.165, 1.54) is 11.1 Å². The van der Waals surface area contributed by atoms with Crippen LogP contribution in [-0.2, 0) is 28.6 Å². The Balaban J connectivity index is 1.80. The van der Waals surface area contributed by atoms with E-state index in [4.69, 9.17) is 0 Å². The van der Waals surface area contributed by atoms with Crippen molar-refractivity contribution in [2.75, 3.05) is 18.6 Å². The van der Waals surface area contributed by atoms with E-state index in [9.17, 15) is 9.00 Å². The Morgan fingerprint density at radius 2 is 2.16 bits per heavy atom. The molecule has 1 heterocycles. The van der Waals surface area contributed by atoms with Gasteiger partial charge in [0.05, 0.1) is 6.04 Å². The molecule has 2 unspecified atom stereocenters. The van der Waals surface area contributed by atoms with Crippen LogP contribution in [0.5, 0.6) is 0 Å². The fraction of sp³-hybridized carbons (Fsp3) is 0.500. The predicted molar refractivity (Wildman–Crippen MR) is 77.3 cm³/mol. The van der Waals surface area contributed by atoms with Crippen molar-refractivity contribution in [3.8, 4) is 0 Å². The van der Waals surface area contributed by atoms with Gasteiger partial charge in [-0.1, -0.05) is 24.3 Å². The Hall–Kier alpha value is -1.20. The van der Waals surface area contributed by atoms with Gasteiger partial charge in [-0.05, 0) is 24.0 Å². The third-order valence-corrected chi connectivity index (χ3v) is 4.17. The fourth-order valence-electron chi connectivity index (χ4n) is 2.25. The van der Waals surface area contributed by atoms with E-state index in [0.717, 1.165) is 19.4 Å². The van der Waals surface area contributed by atoms with Crippen molar-refractivity contribution in [2.24, 2.45) is 0 Å². The minimum Gasteiger partial charge on any atom is -0.355 e. The summed E-state index contributed by atoms with van der Waals surface area (Å²) in [4.78, 5) is 12.0. The number of carbonyl (C=O) groups excluding carboxylic acids is 1. The van der Waals surface area contributed by atoms with E-state index < -0.39 is 10.8 Å². The third-order valence-electron chi connectivity index (χ3n) is 3.31. The molecule has 104 valence electrons. The summed E-state index contributed by atoms with van der Waals surface area (Å²) in [5, 5.41) is 6.16. The van der Waals surface area contributed by atoms with Crippen molar-refractivity contribution < 1.29 is 9.00 Å². The summed E-state index contributed by atoms with van der Waals surface area (Å²) >= 11 is 0. The molecule has 1 amide bonds. The van der Waals surface area contributed by atoms with Crippen LogP contribution < -0.4 is 10.6 Å². The molecule has 4 nitrogen and oxygen atoms in total. The zero-order valence-electron chi connectivity index (χ0n) is 11.1. The van der Waals surface area contributed by atoms with Crippen molar-refractivity contribution in [1.29, 1.82) is 0 Å². The van der Waals surface area contributed by atoms with Crippen LogP contribution in [0.25, 0.3) is 0 Å². The molecule has 2 N–H and O–H groups in total. The Bertz CT molecular complexity index is 476. The first-order valence-electron chi connectivity index (χ1n) is 6.54. The third kappa shape index (κ3) is 4.14. The van der Waals surface area contributed by atoms with Gasteiger partial charge >= 0.3 is 0 Å². The van der Waals surface area contributed by atoms with Crippen LogP contribution in [0.1, 0.15) is 17.5 Å². The number of hydrogen-bond acceptors (Lipinski definition) is 3. The second-order valence-corrected chi connectivity index (χ2v) is 6.38. The lowest BCUT2D eigenvalue weighted by Gasteiger charge is -2.25. The van der Waals surface area contributed by atoms with Crippen LogP contribution in [0.15, 0.2) is 24.3 Å². The normalized spacial score (nSPS) is 19.5. The van der Waals surface area contributed by atoms with Gasteiger partial charge in [0.1, 0.15) is 0 Å². The molecule has 0 aromatic heterocycles. The molecule has 5 heteroatoms. The maximum atomic E-state index is 12.0. The van der Waals surface area contributed by atoms with Crippen molar-refractivity contribution in [3.63, 3.8) is 0 Å². The number of hydrogen-bond donors (Lipinski definition) is 2. The molecular formula is C14H20N2O2S. The number of benzene rings is 1. The zero-order chi connectivity index (χ0) is 13.7. The second kappa shape index (κ2) is 6.82. The van der Waals surface area contributed by atoms with E-state index in [-0.39, 0.29) is 11.9 Å². The van der Waals surface area contributed by atoms with Gasteiger partial charge in [-0.3, -0.25) is 9.00 Å². The number of nitrogens with one attached hydrogen (secondary N) is 2. The Kier molecular flexibility index (Phi) is 5.10. The number of rotatable bonds is 5. The van der Waals surface area contributed by atoms with Gasteiger partial charge in [0, 0.05) is 35.9 Å². The molecule has 0 radical (unpaired) electrons. The minimum absolute atomic E-state index is 0.0383. The van der Waals surface area contributed by atoms with Crippen molar-refractivity contribution >= 4 is 16.7 Å². The SMILES string of the molecule is CS(=O)CCCNC(=O)C1Cc2ccccc2CN1. The highest BCUT2D eigenvalue weighted by Crippen LogP contribution is 2.16. The van der Waals surface area contributed by atoms with Crippen molar-refractivity contribution in [1.82, 2.24) is 10.6 Å². The van der Waals surface area contributed by atoms with Crippen molar-refractivity contribution in [3.05, 3.63) is 35.4 Å². The highest BCUT2D eigenvalue weighted by atomic mass is 32.2. The Labute approximate surface area is 116 Å². The lowest BCUT2D eigenvalue weighted by atomic mass is 9.95. The van der Waals surface area contributed by atoms with Crippen LogP contribution in [-0.4, -0.2) is 34.7 Å². The van der Waals surface area contributed by atoms with Crippen LogP contribution in [0.2, 0.25) is 0 Å². The fourth-order valence-corrected chi connectivity index (χ4v) is 2.80. The second-order valence-electron chi connectivity index (χ2n) is 4.83. The summed E-state index contributed by atoms with van der Waals surface area (Å²) in [6.07, 6.45) is 3.18. The summed E-state index contributed by atoms with van der Waals surface area (Å²) in [5.41, 5.74) is 2.52. The Morgan fingerprint density at radius 3 is 2.89 bits per heavy atom. The molecule has 1 aliphatic rings. The molecular weight excluding hydrogens is 260 g/mol. The molecule has 1 aliphatic heterocycles. The maximum Gasteiger partial charge on any atom is 0.237 e. The van der Waals surface area contributed by atoms with Gasteiger partial charge in [0.25, 0.3) is 0 Å². The first-order chi connectivity index (χ1) is 9.16. The van der Waals surface area contributed by atoms with E-state index in [2.05, 4.69) is 22.8 Å². The molecule has 0 spiro atoms. The summed E-state index contributed by atoms with van der Waals surface area (Å²) < 4.78 is 10.9. The molecule has 0 saturated heterocycles. The molecule has 0 aliphatic carbocycles. The van der Waals surface area contributed by atoms with Gasteiger partial charge in [-0.2, -0.15) is 0 Å². The molecule has 1 aromatic carbocycles. The average Bonchev–Trinajstić information content (AvgIpc) is 2.42. The summed E-state index contributed by atoms with van der Waals surface area (Å²) in [5.74, 6) is 0.678. The minimum atomic E-state index is -0.782. The maximum absolute atomic E-state index is 12.0. The monoisotopic (exact) mass is 280 g/mol. The smallest absolute Gasteiger partial charge is 0.237 e. The zero-order valence-corrected chi connectivity index (χ0v) is 12.0. The number of amides is 1. The Morgan fingerprint density at radius 1 is 1.42 bits per heavy atom. The highest BCUT2D eigenvalue weighted by Gasteiger charge is 2.23. The van der Waals surface area contributed by atoms with Crippen LogP contribution in [0.4, 0.5) is 0 Å². The van der Waals surface area contributed by atoms with Crippen LogP contribution in [0.3, 0.4) is 0 Å². The summed E-state index contributed by atoms with van der Waals surface area (Å²) in [6.45, 7) is 1.34. The van der Waals surface area contributed by atoms with Crippen LogP contribution >= 0.6 is 0 Å². The molecule has 2 rings (SSSR count). The van der Waals surface area contributed by atoms with Gasteiger partial charge in [-0.15, -0.1) is 0 Å². The van der Waals surface area contributed by atoms with E-state index in [0.29, 0.717) is 12.3 Å². The lowest BCUT2D eigenvalue weighted by molar-refractivity contribution is -0.123. The van der Waals surface area contributed by atoms with Gasteiger partial charge < -0.3 is 10.6 Å². The van der Waals surface area contributed by atoms with Gasteiger partial charge in [0.2, 0.25) is 5.91 Å². The first-order valence-corrected chi connectivity index (χ1v) is 8.27. The molecule has 19 heavy (non-hydrogen) atoms. The highest BCUT2D eigenvalue weighted by molar-refractivity contribution is 7.84. The van der Waals surface area contributed by atoms with Gasteiger partial charge in [0.15, 0.2) is 0 Å². The number of fused-ring (bicyclic) bond motifs is 1. The largest absolute Gasteiger partial charge is 0.355 e. The predicted octanol–water partition coefficient (Wildman–Crippen LogP) is 0.586. The van der Waals surface area contributed by atoms with E-state index >= 15 is 0 Å². The molecule has 2 atom stereocenters. The first kappa shape index (κ1) is 14.2. The molecule has 0 saturated carbocycles. The summed E-state index contributed by atoms with van der Waals surface area (Å²) in [6, 6.07) is 8.05. The molecule has 0 fully saturated rings. The number of carbonyl (C=O) groups is 1. The van der Waals surface area contributed by atoms with Gasteiger partial charge in [-0.25, -0.2) is 0 Å². The van der Waals surface area contributed by atoms with E-state index in [1.807, 2.05) is 12.1 Å².